The lowest BCUT2D eigenvalue weighted by molar-refractivity contribution is -0.386. The molecule has 17 heavy (non-hydrogen) atoms. The zero-order chi connectivity index (χ0) is 13.2. The molecule has 1 aromatic heterocycles. The molecule has 0 aliphatic heterocycles. The largest absolute Gasteiger partial charge is 0.467 e. The summed E-state index contributed by atoms with van der Waals surface area (Å²) < 4.78 is 5.55. The molecule has 0 amide bonds. The summed E-state index contributed by atoms with van der Waals surface area (Å²) in [4.78, 5) is 33.1. The molecular formula is C10H12N2O5. The highest BCUT2D eigenvalue weighted by atomic mass is 16.6. The van der Waals surface area contributed by atoms with E-state index in [2.05, 4.69) is 4.74 Å². The van der Waals surface area contributed by atoms with Gasteiger partial charge in [0.25, 0.3) is 11.2 Å². The predicted molar refractivity (Wildman–Crippen MR) is 58.8 cm³/mol. The third-order valence-corrected chi connectivity index (χ3v) is 2.48. The fourth-order valence-corrected chi connectivity index (χ4v) is 1.59. The van der Waals surface area contributed by atoms with Crippen molar-refractivity contribution in [1.29, 1.82) is 0 Å². The zero-order valence-corrected chi connectivity index (χ0v) is 9.67. The van der Waals surface area contributed by atoms with Crippen molar-refractivity contribution in [2.24, 2.45) is 0 Å². The van der Waals surface area contributed by atoms with Gasteiger partial charge in [0.05, 0.1) is 17.7 Å². The van der Waals surface area contributed by atoms with Gasteiger partial charge >= 0.3 is 5.97 Å². The lowest BCUT2D eigenvalue weighted by Gasteiger charge is -2.15. The predicted octanol–water partition coefficient (Wildman–Crippen LogP) is 0.799. The Hall–Kier alpha value is -2.18. The Bertz CT molecular complexity index is 520. The van der Waals surface area contributed by atoms with Crippen LogP contribution in [-0.4, -0.2) is 22.6 Å². The van der Waals surface area contributed by atoms with E-state index in [0.717, 1.165) is 16.7 Å². The van der Waals surface area contributed by atoms with Crippen LogP contribution < -0.4 is 5.56 Å². The van der Waals surface area contributed by atoms with Gasteiger partial charge < -0.3 is 4.74 Å². The molecule has 0 bridgehead atoms. The molecule has 92 valence electrons. The maximum Gasteiger partial charge on any atom is 0.328 e. The summed E-state index contributed by atoms with van der Waals surface area (Å²) in [6, 6.07) is 1.29. The third-order valence-electron chi connectivity index (χ3n) is 2.48. The second kappa shape index (κ2) is 4.77. The van der Waals surface area contributed by atoms with Gasteiger partial charge in [-0.05, 0) is 13.8 Å². The van der Waals surface area contributed by atoms with Gasteiger partial charge in [-0.25, -0.2) is 4.79 Å². The Balaban J connectivity index is 3.42. The Kier molecular flexibility index (Phi) is 3.62. The number of nitro groups is 1. The van der Waals surface area contributed by atoms with Crippen molar-refractivity contribution in [2.45, 2.75) is 19.9 Å². The lowest BCUT2D eigenvalue weighted by atomic mass is 10.2. The summed E-state index contributed by atoms with van der Waals surface area (Å²) >= 11 is 0. The van der Waals surface area contributed by atoms with E-state index in [1.165, 1.54) is 21.0 Å². The Labute approximate surface area is 96.8 Å². The van der Waals surface area contributed by atoms with Crippen LogP contribution in [0.15, 0.2) is 16.9 Å². The maximum atomic E-state index is 11.6. The first-order chi connectivity index (χ1) is 7.90. The molecule has 0 radical (unpaired) electrons. The van der Waals surface area contributed by atoms with Crippen LogP contribution in [0.2, 0.25) is 0 Å². The molecule has 0 fully saturated rings. The number of ether oxygens (including phenoxy) is 1. The smallest absolute Gasteiger partial charge is 0.328 e. The van der Waals surface area contributed by atoms with Crippen molar-refractivity contribution in [3.05, 3.63) is 38.3 Å². The molecule has 0 spiro atoms. The number of rotatable bonds is 3. The van der Waals surface area contributed by atoms with E-state index in [1.807, 2.05) is 0 Å². The molecule has 1 atom stereocenters. The van der Waals surface area contributed by atoms with Crippen LogP contribution in [0, 0.1) is 17.0 Å². The number of hydrogen-bond donors (Lipinski definition) is 0. The number of pyridine rings is 1. The van der Waals surface area contributed by atoms with Crippen LogP contribution >= 0.6 is 0 Å². The molecule has 7 heteroatoms. The first-order valence-corrected chi connectivity index (χ1v) is 4.84. The van der Waals surface area contributed by atoms with E-state index in [1.54, 1.807) is 0 Å². The van der Waals surface area contributed by atoms with E-state index in [-0.39, 0.29) is 11.4 Å². The summed E-state index contributed by atoms with van der Waals surface area (Å²) in [5, 5.41) is 10.7. The third kappa shape index (κ3) is 2.32. The molecule has 1 heterocycles. The fourth-order valence-electron chi connectivity index (χ4n) is 1.59. The van der Waals surface area contributed by atoms with Gasteiger partial charge in [-0.1, -0.05) is 0 Å². The van der Waals surface area contributed by atoms with E-state index in [0.29, 0.717) is 0 Å². The first-order valence-electron chi connectivity index (χ1n) is 4.84. The van der Waals surface area contributed by atoms with Gasteiger partial charge in [-0.3, -0.25) is 19.5 Å². The summed E-state index contributed by atoms with van der Waals surface area (Å²) in [6.07, 6.45) is 0. The van der Waals surface area contributed by atoms with Crippen LogP contribution in [0.5, 0.6) is 0 Å². The number of hydrogen-bond acceptors (Lipinski definition) is 5. The fraction of sp³-hybridized carbons (Fsp3) is 0.400. The van der Waals surface area contributed by atoms with Crippen LogP contribution in [0.3, 0.4) is 0 Å². The number of carbonyl (C=O) groups is 1. The molecule has 0 N–H and O–H groups in total. The number of methoxy groups -OCH3 is 1. The molecule has 0 aliphatic rings. The van der Waals surface area contributed by atoms with Gasteiger partial charge in [0.15, 0.2) is 0 Å². The van der Waals surface area contributed by atoms with Gasteiger partial charge in [-0.2, -0.15) is 0 Å². The van der Waals surface area contributed by atoms with Crippen LogP contribution in [-0.2, 0) is 9.53 Å². The van der Waals surface area contributed by atoms with E-state index >= 15 is 0 Å². The van der Waals surface area contributed by atoms with Gasteiger partial charge in [-0.15, -0.1) is 0 Å². The van der Waals surface area contributed by atoms with Crippen molar-refractivity contribution in [2.75, 3.05) is 7.11 Å². The van der Waals surface area contributed by atoms with Gasteiger partial charge in [0.1, 0.15) is 6.04 Å². The molecular weight excluding hydrogens is 228 g/mol. The minimum atomic E-state index is -0.896. The molecule has 0 aromatic carbocycles. The van der Waals surface area contributed by atoms with Gasteiger partial charge in [0, 0.05) is 12.1 Å². The first kappa shape index (κ1) is 12.9. The quantitative estimate of drug-likeness (QED) is 0.442. The summed E-state index contributed by atoms with van der Waals surface area (Å²) in [5.74, 6) is -0.629. The monoisotopic (exact) mass is 240 g/mol. The van der Waals surface area contributed by atoms with E-state index in [4.69, 9.17) is 0 Å². The normalized spacial score (nSPS) is 11.9. The van der Waals surface area contributed by atoms with Gasteiger partial charge in [0.2, 0.25) is 0 Å². The van der Waals surface area contributed by atoms with E-state index < -0.39 is 22.5 Å². The molecule has 0 aliphatic carbocycles. The summed E-state index contributed by atoms with van der Waals surface area (Å²) in [5.41, 5.74) is -0.563. The minimum absolute atomic E-state index is 0.125. The molecule has 0 saturated carbocycles. The SMILES string of the molecule is COC(=O)C(C)n1c(C)c([N+](=O)[O-])ccc1=O. The molecule has 1 aromatic rings. The summed E-state index contributed by atoms with van der Waals surface area (Å²) in [6.45, 7) is 2.86. The van der Waals surface area contributed by atoms with Crippen molar-refractivity contribution in [3.63, 3.8) is 0 Å². The topological polar surface area (TPSA) is 91.4 Å². The Morgan fingerprint density at radius 3 is 2.59 bits per heavy atom. The van der Waals surface area contributed by atoms with Crippen molar-refractivity contribution >= 4 is 11.7 Å². The van der Waals surface area contributed by atoms with Crippen molar-refractivity contribution in [1.82, 2.24) is 4.57 Å². The number of nitrogens with zero attached hydrogens (tertiary/aromatic N) is 2. The zero-order valence-electron chi connectivity index (χ0n) is 9.67. The highest BCUT2D eigenvalue weighted by molar-refractivity contribution is 5.73. The number of esters is 1. The number of aromatic nitrogens is 1. The van der Waals surface area contributed by atoms with Crippen LogP contribution in [0.1, 0.15) is 18.7 Å². The second-order valence-corrected chi connectivity index (χ2v) is 3.47. The Morgan fingerprint density at radius 1 is 1.53 bits per heavy atom. The minimum Gasteiger partial charge on any atom is -0.467 e. The molecule has 1 rings (SSSR count). The standard InChI is InChI=1S/C10H12N2O5/c1-6-8(12(15)16)4-5-9(13)11(6)7(2)10(14)17-3/h4-5,7H,1-3H3. The van der Waals surface area contributed by atoms with Crippen molar-refractivity contribution < 1.29 is 14.5 Å². The van der Waals surface area contributed by atoms with Crippen LogP contribution in [0.25, 0.3) is 0 Å². The van der Waals surface area contributed by atoms with Crippen LogP contribution in [0.4, 0.5) is 5.69 Å². The maximum absolute atomic E-state index is 11.6. The highest BCUT2D eigenvalue weighted by Crippen LogP contribution is 2.18. The Morgan fingerprint density at radius 2 is 2.12 bits per heavy atom. The molecule has 7 nitrogen and oxygen atoms in total. The average Bonchev–Trinajstić information content (AvgIpc) is 2.27. The second-order valence-electron chi connectivity index (χ2n) is 3.47. The summed E-state index contributed by atoms with van der Waals surface area (Å²) in [7, 11) is 1.19. The molecule has 0 saturated heterocycles. The molecule has 1 unspecified atom stereocenters. The van der Waals surface area contributed by atoms with E-state index in [9.17, 15) is 19.7 Å². The average molecular weight is 240 g/mol. The highest BCUT2D eigenvalue weighted by Gasteiger charge is 2.23. The van der Waals surface area contributed by atoms with Crippen molar-refractivity contribution in [3.8, 4) is 0 Å². The lowest BCUT2D eigenvalue weighted by Crippen LogP contribution is -2.30. The number of carbonyl (C=O) groups excluding carboxylic acids is 1.